The fraction of sp³-hybridized carbons (Fsp3) is 0.455. The fourth-order valence-electron chi connectivity index (χ4n) is 9.00. The minimum Gasteiger partial charge on any atom is -0.508 e. The summed E-state index contributed by atoms with van der Waals surface area (Å²) in [6, 6.07) is 18.6. The Morgan fingerprint density at radius 2 is 1.80 bits per heavy atom. The summed E-state index contributed by atoms with van der Waals surface area (Å²) in [5.41, 5.74) is 3.40. The van der Waals surface area contributed by atoms with Crippen LogP contribution in [0.2, 0.25) is 0 Å². The van der Waals surface area contributed by atoms with Crippen LogP contribution in [0, 0.1) is 17.8 Å². The van der Waals surface area contributed by atoms with E-state index in [0.29, 0.717) is 30.7 Å². The molecule has 0 spiro atoms. The number of phenols is 1. The lowest BCUT2D eigenvalue weighted by molar-refractivity contribution is -0.256. The third kappa shape index (κ3) is 7.92. The van der Waals surface area contributed by atoms with Crippen LogP contribution in [-0.4, -0.2) is 77.4 Å². The number of unbranched alkanes of at least 4 members (excludes halogenated alkanes) is 2. The SMILES string of the molecule is C=CCCOC(=O)N(Cc1cccc2ccccc12)C1CC(=NOC)C2=CC(CCCCO)C(CCCCO)C3c4cc(O)ccc4OC1(OCC=C)C23. The molecule has 0 bridgehead atoms. The van der Waals surface area contributed by atoms with Gasteiger partial charge in [0.05, 0.1) is 31.4 Å². The molecule has 0 saturated heterocycles. The average Bonchev–Trinajstić information content (AvgIpc) is 3.18. The van der Waals surface area contributed by atoms with E-state index >= 15 is 0 Å². The maximum atomic E-state index is 14.6. The van der Waals surface area contributed by atoms with Crippen LogP contribution >= 0.6 is 0 Å². The minimum atomic E-state index is -1.44. The Kier molecular flexibility index (Phi) is 13.1. The summed E-state index contributed by atoms with van der Waals surface area (Å²) in [4.78, 5) is 21.8. The standard InChI is InChI=1S/C44H54N2O8/c1-4-6-25-52-43(50)46(29-32-17-13-16-30-14-7-8-18-34(30)32)40-28-38(45-51-3)36-26-31(15-9-11-22-47)35(19-10-12-23-48)41-37-27-33(49)20-21-39(37)54-44(40,42(36)41)53-24-5-2/h4-5,7-8,13-14,16-18,20-21,26-27,31,35,40-42,47-49H,1-2,6,9-12,15,19,22-25,28-29H2,3H3. The van der Waals surface area contributed by atoms with Crippen molar-refractivity contribution < 1.29 is 39.2 Å². The number of aliphatic hydroxyl groups excluding tert-OH is 2. The van der Waals surface area contributed by atoms with Crippen molar-refractivity contribution in [2.75, 3.05) is 33.5 Å². The Morgan fingerprint density at radius 1 is 1.02 bits per heavy atom. The van der Waals surface area contributed by atoms with Gasteiger partial charge < -0.3 is 34.4 Å². The Balaban J connectivity index is 1.59. The molecule has 6 atom stereocenters. The summed E-state index contributed by atoms with van der Waals surface area (Å²) in [6.45, 7) is 8.51. The molecule has 3 aromatic rings. The van der Waals surface area contributed by atoms with Crippen LogP contribution in [-0.2, 0) is 20.9 Å². The molecule has 3 aromatic carbocycles. The fourth-order valence-corrected chi connectivity index (χ4v) is 9.00. The monoisotopic (exact) mass is 738 g/mol. The lowest BCUT2D eigenvalue weighted by atomic mass is 9.55. The molecule has 6 rings (SSSR count). The number of aliphatic hydroxyl groups is 2. The Morgan fingerprint density at radius 3 is 2.56 bits per heavy atom. The summed E-state index contributed by atoms with van der Waals surface area (Å²) in [7, 11) is 1.53. The number of benzene rings is 3. The number of carbonyl (C=O) groups excluding carboxylic acids is 1. The molecule has 1 aliphatic heterocycles. The average molecular weight is 739 g/mol. The first-order chi connectivity index (χ1) is 26.4. The molecule has 1 heterocycles. The van der Waals surface area contributed by atoms with Crippen molar-refractivity contribution >= 4 is 22.6 Å². The number of allylic oxidation sites excluding steroid dienone is 1. The first-order valence-electron chi connectivity index (χ1n) is 19.2. The Labute approximate surface area is 318 Å². The maximum Gasteiger partial charge on any atom is 0.410 e. The van der Waals surface area contributed by atoms with E-state index in [1.807, 2.05) is 24.3 Å². The number of rotatable bonds is 18. The zero-order valence-corrected chi connectivity index (χ0v) is 31.3. The Hall–Kier alpha value is -4.64. The molecule has 1 amide bonds. The lowest BCUT2D eigenvalue weighted by Crippen LogP contribution is -2.70. The molecule has 1 fully saturated rings. The highest BCUT2D eigenvalue weighted by atomic mass is 16.7. The van der Waals surface area contributed by atoms with Crippen LogP contribution in [0.5, 0.6) is 11.5 Å². The van der Waals surface area contributed by atoms with Gasteiger partial charge in [-0.05, 0) is 84.0 Å². The van der Waals surface area contributed by atoms with Gasteiger partial charge in [-0.1, -0.05) is 78.7 Å². The molecular formula is C44H54N2O8. The van der Waals surface area contributed by atoms with Crippen LogP contribution in [0.4, 0.5) is 4.79 Å². The topological polar surface area (TPSA) is 130 Å². The van der Waals surface area contributed by atoms with Gasteiger partial charge in [0, 0.05) is 31.1 Å². The molecule has 6 unspecified atom stereocenters. The summed E-state index contributed by atoms with van der Waals surface area (Å²) in [5, 5.41) is 37.2. The van der Waals surface area contributed by atoms with E-state index in [9.17, 15) is 20.1 Å². The van der Waals surface area contributed by atoms with Crippen LogP contribution in [0.3, 0.4) is 0 Å². The highest BCUT2D eigenvalue weighted by Gasteiger charge is 2.65. The van der Waals surface area contributed by atoms with Gasteiger partial charge in [-0.3, -0.25) is 4.90 Å². The summed E-state index contributed by atoms with van der Waals surface area (Å²) in [6.07, 6.45) is 10.5. The van der Waals surface area contributed by atoms with Crippen molar-refractivity contribution in [1.82, 2.24) is 4.90 Å². The van der Waals surface area contributed by atoms with Crippen LogP contribution in [0.15, 0.2) is 103 Å². The lowest BCUT2D eigenvalue weighted by Gasteiger charge is -2.59. The van der Waals surface area contributed by atoms with Gasteiger partial charge in [0.1, 0.15) is 24.7 Å². The molecule has 2 aliphatic carbocycles. The zero-order valence-electron chi connectivity index (χ0n) is 31.3. The van der Waals surface area contributed by atoms with Gasteiger partial charge >= 0.3 is 6.09 Å². The second kappa shape index (κ2) is 18.1. The van der Waals surface area contributed by atoms with Gasteiger partial charge in [0.15, 0.2) is 0 Å². The van der Waals surface area contributed by atoms with Crippen molar-refractivity contribution in [3.05, 3.63) is 109 Å². The van der Waals surface area contributed by atoms with E-state index in [1.54, 1.807) is 35.3 Å². The molecule has 1 saturated carbocycles. The van der Waals surface area contributed by atoms with E-state index in [0.717, 1.165) is 53.2 Å². The molecule has 3 N–H and O–H groups in total. The number of ether oxygens (including phenoxy) is 3. The van der Waals surface area contributed by atoms with E-state index in [4.69, 9.17) is 19.0 Å². The number of aromatic hydroxyl groups is 1. The van der Waals surface area contributed by atoms with Crippen molar-refractivity contribution in [2.45, 2.75) is 75.7 Å². The maximum absolute atomic E-state index is 14.6. The molecule has 288 valence electrons. The van der Waals surface area contributed by atoms with Gasteiger partial charge in [0.2, 0.25) is 5.79 Å². The highest BCUT2D eigenvalue weighted by molar-refractivity contribution is 6.03. The van der Waals surface area contributed by atoms with E-state index in [-0.39, 0.29) is 62.9 Å². The number of carbonyl (C=O) groups is 1. The smallest absolute Gasteiger partial charge is 0.410 e. The van der Waals surface area contributed by atoms with Crippen LogP contribution in [0.25, 0.3) is 10.8 Å². The highest BCUT2D eigenvalue weighted by Crippen LogP contribution is 2.62. The second-order valence-electron chi connectivity index (χ2n) is 14.4. The van der Waals surface area contributed by atoms with Crippen LogP contribution < -0.4 is 4.74 Å². The quantitative estimate of drug-likeness (QED) is 0.0680. The first kappa shape index (κ1) is 39.1. The van der Waals surface area contributed by atoms with Crippen molar-refractivity contribution in [3.8, 4) is 11.5 Å². The van der Waals surface area contributed by atoms with Gasteiger partial charge in [-0.25, -0.2) is 4.79 Å². The predicted octanol–water partition coefficient (Wildman–Crippen LogP) is 8.02. The molecule has 10 heteroatoms. The van der Waals surface area contributed by atoms with E-state index in [2.05, 4.69) is 42.6 Å². The van der Waals surface area contributed by atoms with Gasteiger partial charge in [-0.2, -0.15) is 0 Å². The van der Waals surface area contributed by atoms with Crippen molar-refractivity contribution in [3.63, 3.8) is 0 Å². The summed E-state index contributed by atoms with van der Waals surface area (Å²) < 4.78 is 20.2. The first-order valence-corrected chi connectivity index (χ1v) is 19.2. The molecule has 10 nitrogen and oxygen atoms in total. The third-order valence-corrected chi connectivity index (χ3v) is 11.2. The van der Waals surface area contributed by atoms with Crippen molar-refractivity contribution in [2.24, 2.45) is 22.9 Å². The molecule has 3 aliphatic rings. The van der Waals surface area contributed by atoms with Gasteiger partial charge in [-0.15, -0.1) is 13.2 Å². The number of oxime groups is 1. The number of hydrogen-bond donors (Lipinski definition) is 3. The third-order valence-electron chi connectivity index (χ3n) is 11.2. The molecule has 0 aromatic heterocycles. The number of hydrogen-bond acceptors (Lipinski definition) is 9. The van der Waals surface area contributed by atoms with E-state index in [1.165, 1.54) is 7.11 Å². The van der Waals surface area contributed by atoms with E-state index < -0.39 is 23.8 Å². The largest absolute Gasteiger partial charge is 0.508 e. The predicted molar refractivity (Wildman–Crippen MR) is 209 cm³/mol. The minimum absolute atomic E-state index is 0.0498. The number of amides is 1. The summed E-state index contributed by atoms with van der Waals surface area (Å²) >= 11 is 0. The summed E-state index contributed by atoms with van der Waals surface area (Å²) in [5.74, 6) is -1.31. The molecular weight excluding hydrogens is 684 g/mol. The molecule has 54 heavy (non-hydrogen) atoms. The number of phenolic OH excluding ortho intramolecular Hbond substituents is 1. The number of fused-ring (bicyclic) bond motifs is 3. The normalized spacial score (nSPS) is 24.8. The Bertz CT molecular complexity index is 1830. The number of nitrogens with zero attached hydrogens (tertiary/aromatic N) is 2. The molecule has 0 radical (unpaired) electrons. The van der Waals surface area contributed by atoms with Gasteiger partial charge in [0.25, 0.3) is 0 Å². The van der Waals surface area contributed by atoms with Crippen molar-refractivity contribution in [1.29, 1.82) is 0 Å². The van der Waals surface area contributed by atoms with Crippen LogP contribution in [0.1, 0.15) is 68.4 Å². The zero-order chi connectivity index (χ0) is 38.1. The second-order valence-corrected chi connectivity index (χ2v) is 14.4.